The largest absolute Gasteiger partial charge is 0.490 e. The van der Waals surface area contributed by atoms with Crippen LogP contribution in [0.2, 0.25) is 18.1 Å². The van der Waals surface area contributed by atoms with Gasteiger partial charge in [-0.15, -0.1) is 0 Å². The minimum absolute atomic E-state index is 0.0213. The molecular formula is C80H108BrN8O32P3Si. The van der Waals surface area contributed by atoms with Gasteiger partial charge in [-0.1, -0.05) is 178 Å². The Hall–Kier alpha value is -8.30. The van der Waals surface area contributed by atoms with Gasteiger partial charge in [-0.25, -0.2) is 37.7 Å². The first kappa shape index (κ1) is 102. The summed E-state index contributed by atoms with van der Waals surface area (Å²) in [7, 11) is -18.8. The normalized spacial score (nSPS) is 22.6. The summed E-state index contributed by atoms with van der Waals surface area (Å²) in [5.41, 5.74) is -2.10. The number of carbonyl (C=O) groups excluding carboxylic acids is 1. The second kappa shape index (κ2) is 46.1. The van der Waals surface area contributed by atoms with Crippen molar-refractivity contribution < 1.29 is 114 Å². The third kappa shape index (κ3) is 30.7. The number of phosphoric acid groups is 3. The molecular weight excluding hydrogens is 1790 g/mol. The first-order chi connectivity index (χ1) is 58.8. The standard InChI is InChI=1S/C22H37BrN2O6Si.C20H24N2O5.C19H25N2O15P3.C19H22N2O6/c1-10-15-16(31-32(8,9)22(5,6)7)11-17(29-15)24-13-14(12-23)18(26)25(19(24)27)20(28)30-21(2,3)4;1-2-17-16(23)11-18(27-17)22-12-15(19(24)21-20(22)25)13-26-10-6-9-14-7-4-3-5-8-14;22-15-9-17(34-16(15)12-33-38(28,29)36-39(30,31)35-37(25,26)27)21-10-14(18(23)20-19(21)24)11-32-8-4-7-13-5-2-1-3-6-13;22-11-16-15(23)9-17(27-16)21-10-14(18(24)20-19(21)25)12-26-8-4-7-13-5-2-1-3-6-13/h13,15-17H,10-12H2,1-9H3;3-9,12,16-18,23H,2,10-11,13H2,1H3,(H,21,24,25);1-7,10,15-17,22H,8-9,11-12H2,(H,28,29)(H,30,31)(H,20,23,24)(H2,25,26,27);1-7,10,15-17,22-23H,8-9,11-12H2,(H,20,24,25)/b;9-6+;2*7-4+/t15-,16?,17-;16?,17-,18-;2*15?,16-,17-/m1111/s1. The lowest BCUT2D eigenvalue weighted by Gasteiger charge is -2.39. The van der Waals surface area contributed by atoms with E-state index in [1.807, 2.05) is 135 Å². The molecule has 0 aliphatic carbocycles. The Kier molecular flexibility index (Phi) is 37.7. The predicted molar refractivity (Wildman–Crippen MR) is 460 cm³/mol. The average Bonchev–Trinajstić information content (AvgIpc) is 1.75. The maximum absolute atomic E-state index is 13.2. The quantitative estimate of drug-likeness (QED) is 0.00830. The maximum atomic E-state index is 13.2. The van der Waals surface area contributed by atoms with Gasteiger partial charge in [0, 0.05) is 61.4 Å². The van der Waals surface area contributed by atoms with Crippen LogP contribution in [0.4, 0.5) is 4.79 Å². The monoisotopic (exact) mass is 1890 g/mol. The van der Waals surface area contributed by atoms with Crippen LogP contribution in [-0.2, 0) is 94.3 Å². The molecule has 4 aromatic heterocycles. The number of aliphatic hydroxyl groups excluding tert-OH is 4. The molecule has 8 heterocycles. The number of rotatable bonds is 32. The molecule has 3 aromatic carbocycles. The highest BCUT2D eigenvalue weighted by Gasteiger charge is 2.47. The summed E-state index contributed by atoms with van der Waals surface area (Å²) in [5, 5.41) is 39.4. The van der Waals surface area contributed by atoms with Gasteiger partial charge in [-0.3, -0.25) is 56.9 Å². The molecule has 6 unspecified atom stereocenters. The highest BCUT2D eigenvalue weighted by atomic mass is 79.9. The summed E-state index contributed by atoms with van der Waals surface area (Å²) >= 11 is 3.28. The first-order valence-electron chi connectivity index (χ1n) is 39.6. The molecule has 4 aliphatic rings. The average molecular weight is 1890 g/mol. The number of nitrogens with zero attached hydrogens (tertiary/aromatic N) is 5. The van der Waals surface area contributed by atoms with Crippen molar-refractivity contribution in [3.8, 4) is 0 Å². The molecule has 7 aromatic rings. The number of nitrogens with one attached hydrogen (secondary N) is 3. The van der Waals surface area contributed by atoms with E-state index in [0.29, 0.717) is 42.6 Å². The van der Waals surface area contributed by atoms with Gasteiger partial charge in [0.2, 0.25) is 0 Å². The Morgan fingerprint density at radius 1 is 0.520 bits per heavy atom. The molecule has 45 heteroatoms. The summed E-state index contributed by atoms with van der Waals surface area (Å²) < 4.78 is 102. The number of benzene rings is 3. The number of carbonyl (C=O) groups is 1. The van der Waals surface area contributed by atoms with Gasteiger partial charge < -0.3 is 82.3 Å². The van der Waals surface area contributed by atoms with Crippen molar-refractivity contribution >= 4 is 72.0 Å². The summed E-state index contributed by atoms with van der Waals surface area (Å²) in [4.78, 5) is 154. The van der Waals surface area contributed by atoms with Gasteiger partial charge in [0.05, 0.1) is 106 Å². The summed E-state index contributed by atoms with van der Waals surface area (Å²) in [6.07, 6.45) is 8.84. The van der Waals surface area contributed by atoms with Crippen molar-refractivity contribution in [1.29, 1.82) is 0 Å². The topological polar surface area (TPSA) is 549 Å². The Balaban J connectivity index is 0.000000209. The zero-order valence-electron chi connectivity index (χ0n) is 70.3. The number of ether oxygens (including phenoxy) is 8. The summed E-state index contributed by atoms with van der Waals surface area (Å²) in [5.74, 6) is 0. The molecule has 4 fully saturated rings. The number of aliphatic hydroxyl groups is 4. The number of hydrogen-bond acceptors (Lipinski definition) is 28. The molecule has 0 bridgehead atoms. The van der Waals surface area contributed by atoms with E-state index >= 15 is 0 Å². The lowest BCUT2D eigenvalue weighted by Crippen LogP contribution is -2.47. The maximum Gasteiger partial charge on any atom is 0.490 e. The van der Waals surface area contributed by atoms with Gasteiger partial charge in [-0.05, 0) is 68.4 Å². The number of halogens is 1. The Bertz CT molecular complexity index is 5340. The van der Waals surface area contributed by atoms with E-state index < -0.39 is 151 Å². The van der Waals surface area contributed by atoms with Gasteiger partial charge in [-0.2, -0.15) is 13.2 Å². The van der Waals surface area contributed by atoms with Crippen LogP contribution >= 0.6 is 39.4 Å². The number of hydrogen-bond donors (Lipinski definition) is 11. The van der Waals surface area contributed by atoms with Crippen molar-refractivity contribution in [2.24, 2.45) is 0 Å². The second-order valence-electron chi connectivity index (χ2n) is 31.5. The lowest BCUT2D eigenvalue weighted by molar-refractivity contribution is -0.0461. The third-order valence-corrected chi connectivity index (χ3v) is 28.8. The predicted octanol–water partition coefficient (Wildman–Crippen LogP) is 7.77. The first-order valence-corrected chi connectivity index (χ1v) is 48.2. The molecule has 0 amide bonds. The van der Waals surface area contributed by atoms with Crippen molar-refractivity contribution in [3.63, 3.8) is 0 Å². The SMILES string of the molecule is CC[C@H]1O[C@@H](n2cc(CBr)c(=O)n(C(=O)OC(C)(C)C)c2=O)CC1O[Si](C)(C)C(C)(C)C.CC[C@H]1O[C@@H](n2cc(COC/C=C/c3ccccc3)c(=O)[nH]c2=O)CC1O.O=c1[nH]c(=O)n([C@H]2CC(O)[C@@H](CO)O2)cc1COC/C=C/c1ccccc1.O=c1[nH]c(=O)n([C@H]2CC(O)[C@@H](COP(=O)(O)OP(=O)(O)OP(=O)(O)O)O2)cc1COC/C=C/c1ccccc1. The minimum atomic E-state index is -5.72. The van der Waals surface area contributed by atoms with E-state index in [2.05, 4.69) is 77.9 Å². The van der Waals surface area contributed by atoms with Gasteiger partial charge in [0.15, 0.2) is 8.32 Å². The van der Waals surface area contributed by atoms with Crippen LogP contribution < -0.4 is 45.0 Å². The van der Waals surface area contributed by atoms with Crippen LogP contribution in [0, 0.1) is 0 Å². The number of aromatic amines is 3. The van der Waals surface area contributed by atoms with Crippen LogP contribution in [0.25, 0.3) is 18.2 Å². The van der Waals surface area contributed by atoms with E-state index in [4.69, 9.17) is 57.2 Å². The molecule has 0 spiro atoms. The summed E-state index contributed by atoms with van der Waals surface area (Å²) in [6, 6.07) is 29.0. The Morgan fingerprint density at radius 2 is 0.888 bits per heavy atom. The van der Waals surface area contributed by atoms with E-state index in [9.17, 15) is 82.0 Å². The minimum Gasteiger partial charge on any atom is -0.443 e. The van der Waals surface area contributed by atoms with E-state index in [1.54, 1.807) is 26.8 Å². The van der Waals surface area contributed by atoms with Crippen molar-refractivity contribution in [3.05, 3.63) is 256 Å². The van der Waals surface area contributed by atoms with Crippen LogP contribution in [0.5, 0.6) is 0 Å². The van der Waals surface area contributed by atoms with E-state index in [0.717, 1.165) is 27.7 Å². The molecule has 11 N–H and O–H groups in total. The second-order valence-corrected chi connectivity index (χ2v) is 41.2. The number of phosphoric ester groups is 1. The van der Waals surface area contributed by atoms with Crippen molar-refractivity contribution in [2.45, 2.75) is 217 Å². The Labute approximate surface area is 725 Å². The zero-order valence-corrected chi connectivity index (χ0v) is 75.6. The fourth-order valence-electron chi connectivity index (χ4n) is 12.6. The lowest BCUT2D eigenvalue weighted by atomic mass is 10.1. The Morgan fingerprint density at radius 3 is 1.25 bits per heavy atom. The molecule has 4 aliphatic heterocycles. The molecule has 0 saturated carbocycles. The van der Waals surface area contributed by atoms with Gasteiger partial charge in [0.1, 0.15) is 42.7 Å². The number of alkyl halides is 1. The van der Waals surface area contributed by atoms with Crippen LogP contribution in [0.1, 0.15) is 158 Å². The smallest absolute Gasteiger partial charge is 0.443 e. The van der Waals surface area contributed by atoms with Gasteiger partial charge >= 0.3 is 52.3 Å². The number of H-pyrrole nitrogens is 3. The van der Waals surface area contributed by atoms with E-state index in [1.165, 1.54) is 38.5 Å². The van der Waals surface area contributed by atoms with Crippen LogP contribution in [0.15, 0.2) is 172 Å². The van der Waals surface area contributed by atoms with Crippen LogP contribution in [0.3, 0.4) is 0 Å². The molecule has 125 heavy (non-hydrogen) atoms. The molecule has 686 valence electrons. The van der Waals surface area contributed by atoms with Crippen molar-refractivity contribution in [1.82, 2.24) is 37.8 Å². The fourth-order valence-corrected chi connectivity index (χ4v) is 17.4. The van der Waals surface area contributed by atoms with Crippen molar-refractivity contribution in [2.75, 3.05) is 33.0 Å². The molecule has 40 nitrogen and oxygen atoms in total. The third-order valence-electron chi connectivity index (χ3n) is 19.9. The molecule has 0 radical (unpaired) electrons. The highest BCUT2D eigenvalue weighted by Crippen LogP contribution is 2.66. The van der Waals surface area contributed by atoms with Gasteiger partial charge in [0.25, 0.3) is 22.2 Å². The number of aromatic nitrogens is 8. The highest BCUT2D eigenvalue weighted by molar-refractivity contribution is 9.08. The van der Waals surface area contributed by atoms with Crippen LogP contribution in [-0.4, -0.2) is 180 Å². The molecule has 14 atom stereocenters. The van der Waals surface area contributed by atoms with E-state index in [-0.39, 0.29) is 91.2 Å². The summed E-state index contributed by atoms with van der Waals surface area (Å²) in [6.45, 7) is 19.3. The fraction of sp³-hybridized carbons (Fsp3) is 0.487. The molecule has 4 saturated heterocycles. The zero-order chi connectivity index (χ0) is 91.9. The molecule has 11 rings (SSSR count).